The average Bonchev–Trinajstić information content (AvgIpc) is 3.11. The summed E-state index contributed by atoms with van der Waals surface area (Å²) < 4.78 is 49.2. The number of ether oxygens (including phenoxy) is 2. The minimum Gasteiger partial charge on any atom is -0.494 e. The van der Waals surface area contributed by atoms with Gasteiger partial charge in [-0.05, 0) is 37.5 Å². The molecule has 1 fully saturated rings. The number of rotatable bonds is 6. The second-order valence-corrected chi connectivity index (χ2v) is 7.26. The number of hydrogen-bond donors (Lipinski definition) is 1. The summed E-state index contributed by atoms with van der Waals surface area (Å²) in [5, 5.41) is 3.39. The zero-order chi connectivity index (χ0) is 18.6. The largest absolute Gasteiger partial charge is 0.494 e. The van der Waals surface area contributed by atoms with Crippen LogP contribution in [0.15, 0.2) is 30.5 Å². The lowest BCUT2D eigenvalue weighted by molar-refractivity contribution is -0.134. The first-order valence-electron chi connectivity index (χ1n) is 8.51. The van der Waals surface area contributed by atoms with Crippen molar-refractivity contribution in [1.82, 2.24) is 4.98 Å². The van der Waals surface area contributed by atoms with Crippen molar-refractivity contribution >= 4 is 16.5 Å². The lowest BCUT2D eigenvalue weighted by Gasteiger charge is -2.38. The van der Waals surface area contributed by atoms with Gasteiger partial charge in [-0.1, -0.05) is 23.5 Å². The molecule has 0 radical (unpaired) electrons. The molecule has 2 heterocycles. The van der Waals surface area contributed by atoms with Crippen LogP contribution in [-0.4, -0.2) is 31.3 Å². The van der Waals surface area contributed by atoms with Crippen molar-refractivity contribution in [2.45, 2.75) is 31.4 Å². The Balaban J connectivity index is 1.76. The van der Waals surface area contributed by atoms with Gasteiger partial charge in [0.25, 0.3) is 0 Å². The highest BCUT2D eigenvalue weighted by Gasteiger charge is 2.36. The average molecular weight is 386 g/mol. The lowest BCUT2D eigenvalue weighted by atomic mass is 9.74. The summed E-state index contributed by atoms with van der Waals surface area (Å²) in [5.41, 5.74) is 0.928. The molecule has 0 spiro atoms. The molecule has 2 aromatic rings. The van der Waals surface area contributed by atoms with Crippen LogP contribution in [0.25, 0.3) is 0 Å². The van der Waals surface area contributed by atoms with Crippen molar-refractivity contribution in [1.29, 1.82) is 0 Å². The topological polar surface area (TPSA) is 43.4 Å². The monoisotopic (exact) mass is 386 g/mol. The van der Waals surface area contributed by atoms with Gasteiger partial charge in [0.1, 0.15) is 10.6 Å². The van der Waals surface area contributed by atoms with Crippen molar-refractivity contribution in [3.8, 4) is 5.75 Å². The number of halogens is 3. The minimum atomic E-state index is -4.36. The quantitative estimate of drug-likeness (QED) is 0.780. The summed E-state index contributed by atoms with van der Waals surface area (Å²) in [4.78, 5) is 3.17. The summed E-state index contributed by atoms with van der Waals surface area (Å²) in [6.07, 6.45) is -1.89. The van der Waals surface area contributed by atoms with Crippen molar-refractivity contribution in [2.75, 3.05) is 31.7 Å². The molecule has 0 unspecified atom stereocenters. The van der Waals surface area contributed by atoms with E-state index in [4.69, 9.17) is 9.47 Å². The first-order chi connectivity index (χ1) is 12.4. The van der Waals surface area contributed by atoms with Crippen molar-refractivity contribution < 1.29 is 22.6 Å². The Hall–Kier alpha value is -1.80. The van der Waals surface area contributed by atoms with Gasteiger partial charge >= 0.3 is 6.18 Å². The fourth-order valence-electron chi connectivity index (χ4n) is 3.13. The van der Waals surface area contributed by atoms with E-state index < -0.39 is 11.1 Å². The lowest BCUT2D eigenvalue weighted by Crippen LogP contribution is -2.40. The van der Waals surface area contributed by atoms with Gasteiger partial charge in [-0.3, -0.25) is 0 Å². The van der Waals surface area contributed by atoms with E-state index in [-0.39, 0.29) is 10.5 Å². The Morgan fingerprint density at radius 2 is 1.92 bits per heavy atom. The Kier molecular flexibility index (Phi) is 5.72. The number of alkyl halides is 3. The predicted molar refractivity (Wildman–Crippen MR) is 94.9 cm³/mol. The third kappa shape index (κ3) is 4.29. The van der Waals surface area contributed by atoms with Crippen LogP contribution >= 0.6 is 11.3 Å². The summed E-state index contributed by atoms with van der Waals surface area (Å²) in [5.74, 6) is 0.807. The minimum absolute atomic E-state index is 0.201. The number of thiazole rings is 1. The number of benzene rings is 1. The van der Waals surface area contributed by atoms with Crippen molar-refractivity contribution in [3.05, 3.63) is 40.9 Å². The van der Waals surface area contributed by atoms with Crippen LogP contribution in [0.3, 0.4) is 0 Å². The molecular formula is C18H21F3N2O2S. The van der Waals surface area contributed by atoms with E-state index in [1.165, 1.54) is 0 Å². The second-order valence-electron chi connectivity index (χ2n) is 6.23. The van der Waals surface area contributed by atoms with Gasteiger partial charge < -0.3 is 14.8 Å². The molecule has 0 bridgehead atoms. The Bertz CT molecular complexity index is 710. The Morgan fingerprint density at radius 3 is 2.50 bits per heavy atom. The molecule has 142 valence electrons. The molecule has 0 aliphatic carbocycles. The molecular weight excluding hydrogens is 365 g/mol. The van der Waals surface area contributed by atoms with E-state index in [2.05, 4.69) is 10.3 Å². The first-order valence-corrected chi connectivity index (χ1v) is 9.33. The van der Waals surface area contributed by atoms with E-state index in [0.717, 1.165) is 30.4 Å². The first kappa shape index (κ1) is 19.0. The standard InChI is InChI=1S/C18H21F3N2O2S/c1-2-25-14-5-3-13(4-6-14)17(7-9-24-10-8-17)12-23-16-22-11-15(26-16)18(19,20)21/h3-6,11H,2,7-10,12H2,1H3,(H,22,23). The molecule has 1 saturated heterocycles. The van der Waals surface area contributed by atoms with Crippen LogP contribution in [0, 0.1) is 0 Å². The number of aromatic nitrogens is 1. The maximum Gasteiger partial charge on any atom is 0.427 e. The maximum absolute atomic E-state index is 12.8. The summed E-state index contributed by atoms with van der Waals surface area (Å²) in [6.45, 7) is 4.29. The molecule has 1 aromatic heterocycles. The molecule has 0 saturated carbocycles. The number of nitrogens with one attached hydrogen (secondary N) is 1. The van der Waals surface area contributed by atoms with Gasteiger partial charge in [0.2, 0.25) is 0 Å². The third-order valence-corrected chi connectivity index (χ3v) is 5.59. The van der Waals surface area contributed by atoms with Crippen LogP contribution in [-0.2, 0) is 16.3 Å². The van der Waals surface area contributed by atoms with Gasteiger partial charge in [0, 0.05) is 25.2 Å². The second kappa shape index (κ2) is 7.84. The van der Waals surface area contributed by atoms with Gasteiger partial charge in [-0.2, -0.15) is 13.2 Å². The molecule has 1 aliphatic rings. The van der Waals surface area contributed by atoms with E-state index in [0.29, 0.717) is 37.7 Å². The molecule has 0 amide bonds. The van der Waals surface area contributed by atoms with E-state index in [9.17, 15) is 13.2 Å². The molecule has 0 atom stereocenters. The van der Waals surface area contributed by atoms with Crippen LogP contribution in [0.1, 0.15) is 30.2 Å². The highest BCUT2D eigenvalue weighted by Crippen LogP contribution is 2.38. The Labute approximate surface area is 154 Å². The van der Waals surface area contributed by atoms with Gasteiger partial charge in [0.15, 0.2) is 5.13 Å². The zero-order valence-corrected chi connectivity index (χ0v) is 15.3. The normalized spacial score (nSPS) is 17.1. The zero-order valence-electron chi connectivity index (χ0n) is 14.4. The molecule has 4 nitrogen and oxygen atoms in total. The number of anilines is 1. The Morgan fingerprint density at radius 1 is 1.23 bits per heavy atom. The smallest absolute Gasteiger partial charge is 0.427 e. The van der Waals surface area contributed by atoms with Gasteiger partial charge in [0.05, 0.1) is 12.8 Å². The van der Waals surface area contributed by atoms with Gasteiger partial charge in [-0.25, -0.2) is 4.98 Å². The highest BCUT2D eigenvalue weighted by molar-refractivity contribution is 7.15. The molecule has 1 aliphatic heterocycles. The van der Waals surface area contributed by atoms with E-state index in [1.807, 2.05) is 31.2 Å². The fourth-order valence-corrected chi connectivity index (χ4v) is 3.81. The van der Waals surface area contributed by atoms with Crippen LogP contribution in [0.2, 0.25) is 0 Å². The van der Waals surface area contributed by atoms with E-state index in [1.54, 1.807) is 0 Å². The molecule has 3 rings (SSSR count). The van der Waals surface area contributed by atoms with Crippen LogP contribution < -0.4 is 10.1 Å². The summed E-state index contributed by atoms with van der Waals surface area (Å²) in [7, 11) is 0. The predicted octanol–water partition coefficient (Wildman–Crippen LogP) is 4.72. The van der Waals surface area contributed by atoms with Crippen LogP contribution in [0.4, 0.5) is 18.3 Å². The molecule has 8 heteroatoms. The van der Waals surface area contributed by atoms with Crippen molar-refractivity contribution in [3.63, 3.8) is 0 Å². The number of hydrogen-bond acceptors (Lipinski definition) is 5. The summed E-state index contributed by atoms with van der Waals surface area (Å²) >= 11 is 0.633. The third-order valence-electron chi connectivity index (χ3n) is 4.59. The SMILES string of the molecule is CCOc1ccc(C2(CNc3ncc(C(F)(F)F)s3)CCOCC2)cc1. The number of nitrogens with zero attached hydrogens (tertiary/aromatic N) is 1. The fraction of sp³-hybridized carbons (Fsp3) is 0.500. The van der Waals surface area contributed by atoms with E-state index >= 15 is 0 Å². The molecule has 1 N–H and O–H groups in total. The molecule has 26 heavy (non-hydrogen) atoms. The summed E-state index contributed by atoms with van der Waals surface area (Å²) in [6, 6.07) is 7.92. The van der Waals surface area contributed by atoms with Crippen LogP contribution in [0.5, 0.6) is 5.75 Å². The molecule has 1 aromatic carbocycles. The van der Waals surface area contributed by atoms with Gasteiger partial charge in [-0.15, -0.1) is 0 Å². The maximum atomic E-state index is 12.8. The highest BCUT2D eigenvalue weighted by atomic mass is 32.1. The van der Waals surface area contributed by atoms with Crippen molar-refractivity contribution in [2.24, 2.45) is 0 Å².